The fraction of sp³-hybridized carbons (Fsp3) is 0.818. The number of alkyl halides is 6. The summed E-state index contributed by atoms with van der Waals surface area (Å²) in [5.74, 6) is 0. The highest BCUT2D eigenvalue weighted by Gasteiger charge is 2.46. The van der Waals surface area contributed by atoms with Crippen LogP contribution in [0.3, 0.4) is 0 Å². The van der Waals surface area contributed by atoms with E-state index < -0.39 is 31.1 Å². The lowest BCUT2D eigenvalue weighted by molar-refractivity contribution is -0.699. The molecule has 0 fully saturated rings. The van der Waals surface area contributed by atoms with Crippen LogP contribution in [-0.2, 0) is 43.1 Å². The zero-order valence-electron chi connectivity index (χ0n) is 15.0. The summed E-state index contributed by atoms with van der Waals surface area (Å²) in [6, 6.07) is 0. The molecule has 0 unspecified atom stereocenters. The molecule has 0 atom stereocenters. The van der Waals surface area contributed by atoms with Gasteiger partial charge >= 0.3 is 11.0 Å². The van der Waals surface area contributed by atoms with E-state index >= 15 is 0 Å². The predicted octanol–water partition coefficient (Wildman–Crippen LogP) is 0.820. The molecule has 0 aliphatic rings. The maximum Gasteiger partial charge on any atom is 0.480 e. The first-order valence-corrected chi connectivity index (χ1v) is 10.3. The second-order valence-corrected chi connectivity index (χ2v) is 8.31. The third kappa shape index (κ3) is 10.2. The number of nitrogens with zero attached hydrogens (tertiary/aromatic N) is 4. The zero-order valence-corrected chi connectivity index (χ0v) is 16.6. The van der Waals surface area contributed by atoms with Crippen LogP contribution < -0.4 is 4.57 Å². The van der Waals surface area contributed by atoms with Crippen molar-refractivity contribution in [3.8, 4) is 0 Å². The van der Waals surface area contributed by atoms with Crippen molar-refractivity contribution in [3.05, 3.63) is 16.8 Å². The van der Waals surface area contributed by atoms with Crippen LogP contribution in [0.4, 0.5) is 26.3 Å². The average molecular weight is 480 g/mol. The number of halogens is 6. The van der Waals surface area contributed by atoms with Crippen LogP contribution in [0.5, 0.6) is 0 Å². The first-order valence-electron chi connectivity index (χ1n) is 7.43. The molecule has 10 nitrogen and oxygen atoms in total. The van der Waals surface area contributed by atoms with E-state index in [0.29, 0.717) is 19.8 Å². The summed E-state index contributed by atoms with van der Waals surface area (Å²) in [5, 5.41) is 4.04. The van der Waals surface area contributed by atoms with E-state index in [4.69, 9.17) is 9.47 Å². The minimum Gasteiger partial charge on any atom is -0.421 e. The van der Waals surface area contributed by atoms with Gasteiger partial charge in [0.25, 0.3) is 6.33 Å². The summed E-state index contributed by atoms with van der Waals surface area (Å²) >= 11 is 0. The molecule has 18 heteroatoms. The lowest BCUT2D eigenvalue weighted by Crippen LogP contribution is -2.33. The van der Waals surface area contributed by atoms with Gasteiger partial charge < -0.3 is 13.6 Å². The predicted molar refractivity (Wildman–Crippen MR) is 84.0 cm³/mol. The van der Waals surface area contributed by atoms with Gasteiger partial charge in [-0.2, -0.15) is 26.3 Å². The Morgan fingerprint density at radius 3 is 1.83 bits per heavy atom. The van der Waals surface area contributed by atoms with Crippen LogP contribution in [-0.4, -0.2) is 64.1 Å². The van der Waals surface area contributed by atoms with Crippen LogP contribution >= 0.6 is 0 Å². The van der Waals surface area contributed by atoms with E-state index in [1.54, 1.807) is 11.0 Å². The van der Waals surface area contributed by atoms with Gasteiger partial charge in [0.05, 0.1) is 33.4 Å². The van der Waals surface area contributed by atoms with Gasteiger partial charge in [-0.3, -0.25) is 0 Å². The number of rotatable bonds is 9. The zero-order chi connectivity index (χ0) is 22.9. The molecule has 0 aliphatic carbocycles. The molecule has 0 saturated heterocycles. The molecule has 1 aromatic rings. The summed E-state index contributed by atoms with van der Waals surface area (Å²) in [5.41, 5.74) is -12.4. The lowest BCUT2D eigenvalue weighted by Gasteiger charge is -2.22. The fourth-order valence-electron chi connectivity index (χ4n) is 1.29. The Kier molecular flexibility index (Phi) is 10.5. The van der Waals surface area contributed by atoms with Crippen molar-refractivity contribution in [2.45, 2.75) is 24.5 Å². The lowest BCUT2D eigenvalue weighted by atomic mass is 10.6. The van der Waals surface area contributed by atoms with Gasteiger partial charge in [-0.05, 0) is 6.92 Å². The molecule has 29 heavy (non-hydrogen) atoms. The Hall–Kier alpha value is -1.50. The van der Waals surface area contributed by atoms with Crippen LogP contribution in [0, 0.1) is 0 Å². The summed E-state index contributed by atoms with van der Waals surface area (Å²) in [6.45, 7) is 5.60. The molecule has 1 aromatic heterocycles. The van der Waals surface area contributed by atoms with Gasteiger partial charge in [-0.1, -0.05) is 0 Å². The smallest absolute Gasteiger partial charge is 0.421 e. The molecule has 0 aromatic carbocycles. The largest absolute Gasteiger partial charge is 0.480 e. The van der Waals surface area contributed by atoms with Gasteiger partial charge in [0.15, 0.2) is 20.0 Å². The summed E-state index contributed by atoms with van der Waals surface area (Å²) < 4.78 is 123. The second-order valence-electron chi connectivity index (χ2n) is 4.88. The topological polar surface area (TPSA) is 123 Å². The SMILES string of the molecule is CCOCCOCC[n+]1cnn(C)c1.O=S(=O)([N-]S(=O)(=O)C(F)(F)F)C(F)(F)F. The second kappa shape index (κ2) is 11.0. The standard InChI is InChI=1S/C9H18N3O2.C2F6NO4S2/c1-3-13-6-7-14-5-4-12-8-10-11(2)9-12;3-1(4,5)14(10,11)9-15(12,13)2(6,7)8/h8-9H,3-7H2,1-2H3;/q+1;-1. The molecule has 0 radical (unpaired) electrons. The number of hydrogen-bond donors (Lipinski definition) is 0. The van der Waals surface area contributed by atoms with E-state index in [-0.39, 0.29) is 0 Å². The van der Waals surface area contributed by atoms with Crippen molar-refractivity contribution in [2.75, 3.05) is 26.4 Å². The van der Waals surface area contributed by atoms with E-state index in [1.807, 2.05) is 24.9 Å². The number of sulfonamides is 2. The Labute approximate surface area is 162 Å². The van der Waals surface area contributed by atoms with Gasteiger partial charge in [-0.25, -0.2) is 21.4 Å². The van der Waals surface area contributed by atoms with Crippen molar-refractivity contribution < 1.29 is 57.2 Å². The van der Waals surface area contributed by atoms with E-state index in [9.17, 15) is 43.2 Å². The van der Waals surface area contributed by atoms with Crippen molar-refractivity contribution in [3.63, 3.8) is 0 Å². The van der Waals surface area contributed by atoms with Gasteiger partial charge in [0.1, 0.15) is 0 Å². The maximum absolute atomic E-state index is 11.4. The number of aromatic nitrogens is 3. The van der Waals surface area contributed by atoms with Crippen molar-refractivity contribution in [1.29, 1.82) is 0 Å². The van der Waals surface area contributed by atoms with E-state index in [2.05, 4.69) is 5.10 Å². The Bertz CT molecular complexity index is 780. The highest BCUT2D eigenvalue weighted by molar-refractivity contribution is 8.13. The third-order valence-electron chi connectivity index (χ3n) is 2.55. The number of hydrogen-bond acceptors (Lipinski definition) is 7. The summed E-state index contributed by atoms with van der Waals surface area (Å²) in [7, 11) is -11.5. The van der Waals surface area contributed by atoms with Crippen LogP contribution in [0.25, 0.3) is 4.13 Å². The molecule has 0 N–H and O–H groups in total. The quantitative estimate of drug-likeness (QED) is 0.291. The summed E-state index contributed by atoms with van der Waals surface area (Å²) in [4.78, 5) is 0. The first-order chi connectivity index (χ1) is 13.0. The highest BCUT2D eigenvalue weighted by atomic mass is 32.3. The van der Waals surface area contributed by atoms with Crippen molar-refractivity contribution in [1.82, 2.24) is 9.78 Å². The molecule has 0 saturated carbocycles. The highest BCUT2D eigenvalue weighted by Crippen LogP contribution is 2.36. The molecule has 0 aliphatic heterocycles. The van der Waals surface area contributed by atoms with Crippen molar-refractivity contribution >= 4 is 20.0 Å². The number of ether oxygens (including phenoxy) is 2. The van der Waals surface area contributed by atoms with Crippen molar-refractivity contribution in [2.24, 2.45) is 7.05 Å². The van der Waals surface area contributed by atoms with Gasteiger partial charge in [-0.15, -0.1) is 4.68 Å². The van der Waals surface area contributed by atoms with Gasteiger partial charge in [0.2, 0.25) is 6.33 Å². The Morgan fingerprint density at radius 1 is 0.966 bits per heavy atom. The minimum absolute atomic E-state index is 0.661. The van der Waals surface area contributed by atoms with Gasteiger partial charge in [0, 0.05) is 11.7 Å². The first kappa shape index (κ1) is 27.5. The van der Waals surface area contributed by atoms with E-state index in [1.165, 1.54) is 0 Å². The molecule has 172 valence electrons. The summed E-state index contributed by atoms with van der Waals surface area (Å²) in [6.07, 6.45) is 3.71. The van der Waals surface area contributed by atoms with Crippen LogP contribution in [0.15, 0.2) is 12.7 Å². The Morgan fingerprint density at radius 2 is 1.45 bits per heavy atom. The third-order valence-corrected chi connectivity index (χ3v) is 5.29. The Balaban J connectivity index is 0.000000541. The molecule has 0 spiro atoms. The fourth-order valence-corrected chi connectivity index (χ4v) is 3.00. The van der Waals surface area contributed by atoms with Crippen LogP contribution in [0.2, 0.25) is 0 Å². The number of aryl methyl sites for hydroxylation is 1. The maximum atomic E-state index is 11.4. The normalized spacial score (nSPS) is 13.1. The molecule has 0 amide bonds. The molecule has 1 rings (SSSR count). The molecular weight excluding hydrogens is 462 g/mol. The molecule has 1 heterocycles. The molecule has 0 bridgehead atoms. The monoisotopic (exact) mass is 480 g/mol. The van der Waals surface area contributed by atoms with E-state index in [0.717, 1.165) is 17.3 Å². The average Bonchev–Trinajstić information content (AvgIpc) is 2.93. The minimum atomic E-state index is -6.72. The van der Waals surface area contributed by atoms with Crippen LogP contribution in [0.1, 0.15) is 6.92 Å². The molecular formula is C11H18F6N4O6S2.